The van der Waals surface area contributed by atoms with E-state index in [1.165, 1.54) is 11.8 Å². The molecule has 0 spiro atoms. The molecule has 0 saturated carbocycles. The fraction of sp³-hybridized carbons (Fsp3) is 0.300. The minimum atomic E-state index is -0.823. The lowest BCUT2D eigenvalue weighted by Gasteiger charge is -2.23. The SMILES string of the molecule is Cc1cc(N(CCCl)CCCl)ccc1C=Nc1ccc(SCC(=O)O)cc1. The Bertz CT molecular complexity index is 776. The molecule has 0 fully saturated rings. The Morgan fingerprint density at radius 1 is 1.15 bits per heavy atom. The van der Waals surface area contributed by atoms with Gasteiger partial charge in [0.2, 0.25) is 0 Å². The second-order valence-corrected chi connectivity index (χ2v) is 7.65. The summed E-state index contributed by atoms with van der Waals surface area (Å²) in [5, 5.41) is 8.72. The summed E-state index contributed by atoms with van der Waals surface area (Å²) in [6.45, 7) is 3.57. The fourth-order valence-corrected chi connectivity index (χ4v) is 3.52. The van der Waals surface area contributed by atoms with Crippen molar-refractivity contribution in [3.05, 3.63) is 53.6 Å². The third-order valence-corrected chi connectivity index (χ3v) is 5.21. The van der Waals surface area contributed by atoms with E-state index in [0.717, 1.165) is 40.5 Å². The van der Waals surface area contributed by atoms with Crippen LogP contribution in [0.15, 0.2) is 52.4 Å². The number of thioether (sulfide) groups is 1. The van der Waals surface area contributed by atoms with E-state index in [4.69, 9.17) is 28.3 Å². The molecule has 2 aromatic rings. The number of carboxylic acid groups (broad SMARTS) is 1. The highest BCUT2D eigenvalue weighted by atomic mass is 35.5. The molecule has 2 rings (SSSR count). The Kier molecular flexibility index (Phi) is 8.98. The predicted octanol–water partition coefficient (Wildman–Crippen LogP) is 5.21. The van der Waals surface area contributed by atoms with Gasteiger partial charge in [0.05, 0.1) is 11.4 Å². The molecule has 0 radical (unpaired) electrons. The van der Waals surface area contributed by atoms with Gasteiger partial charge in [0.25, 0.3) is 0 Å². The Labute approximate surface area is 174 Å². The summed E-state index contributed by atoms with van der Waals surface area (Å²) in [6.07, 6.45) is 1.84. The van der Waals surface area contributed by atoms with Crippen LogP contribution in [0.2, 0.25) is 0 Å². The van der Waals surface area contributed by atoms with Crippen molar-refractivity contribution in [2.75, 3.05) is 35.5 Å². The lowest BCUT2D eigenvalue weighted by atomic mass is 10.1. The van der Waals surface area contributed by atoms with Crippen molar-refractivity contribution in [1.29, 1.82) is 0 Å². The van der Waals surface area contributed by atoms with Crippen molar-refractivity contribution in [2.45, 2.75) is 11.8 Å². The number of benzene rings is 2. The van der Waals surface area contributed by atoms with Crippen molar-refractivity contribution in [2.24, 2.45) is 4.99 Å². The van der Waals surface area contributed by atoms with E-state index in [0.29, 0.717) is 11.8 Å². The summed E-state index contributed by atoms with van der Waals surface area (Å²) in [7, 11) is 0. The van der Waals surface area contributed by atoms with E-state index in [1.54, 1.807) is 0 Å². The number of halogens is 2. The number of anilines is 1. The predicted molar refractivity (Wildman–Crippen MR) is 117 cm³/mol. The normalized spacial score (nSPS) is 11.1. The quantitative estimate of drug-likeness (QED) is 0.323. The molecule has 1 N–H and O–H groups in total. The molecule has 2 aromatic carbocycles. The third kappa shape index (κ3) is 7.09. The van der Waals surface area contributed by atoms with Gasteiger partial charge in [-0.25, -0.2) is 0 Å². The first-order chi connectivity index (χ1) is 13.0. The molecule has 0 aromatic heterocycles. The van der Waals surface area contributed by atoms with Gasteiger partial charge >= 0.3 is 5.97 Å². The monoisotopic (exact) mass is 424 g/mol. The number of hydrogen-bond donors (Lipinski definition) is 1. The molecule has 144 valence electrons. The van der Waals surface area contributed by atoms with Crippen molar-refractivity contribution >= 4 is 58.5 Å². The first kappa shape index (κ1) is 21.6. The van der Waals surface area contributed by atoms with Crippen LogP contribution in [0.5, 0.6) is 0 Å². The molecule has 0 aliphatic rings. The van der Waals surface area contributed by atoms with Crippen LogP contribution < -0.4 is 4.90 Å². The Hall–Kier alpha value is -1.69. The van der Waals surface area contributed by atoms with E-state index < -0.39 is 5.97 Å². The molecule has 7 heteroatoms. The number of alkyl halides is 2. The number of aliphatic carboxylic acids is 1. The van der Waals surface area contributed by atoms with Crippen molar-refractivity contribution < 1.29 is 9.90 Å². The maximum absolute atomic E-state index is 10.6. The molecule has 0 bridgehead atoms. The lowest BCUT2D eigenvalue weighted by molar-refractivity contribution is -0.133. The van der Waals surface area contributed by atoms with E-state index >= 15 is 0 Å². The van der Waals surface area contributed by atoms with Gasteiger partial charge in [-0.1, -0.05) is 6.07 Å². The van der Waals surface area contributed by atoms with Crippen LogP contribution in [-0.4, -0.2) is 47.9 Å². The van der Waals surface area contributed by atoms with Gasteiger partial charge in [-0.15, -0.1) is 35.0 Å². The second kappa shape index (κ2) is 11.2. The van der Waals surface area contributed by atoms with Gasteiger partial charge in [-0.05, 0) is 54.4 Å². The van der Waals surface area contributed by atoms with Crippen LogP contribution in [-0.2, 0) is 4.79 Å². The standard InChI is InChI=1S/C20H22Cl2N2O2S/c1-15-12-18(24(10-8-21)11-9-22)5-2-16(15)13-23-17-3-6-19(7-4-17)27-14-20(25)26/h2-7,12-13H,8-11,14H2,1H3,(H,25,26). The summed E-state index contributed by atoms with van der Waals surface area (Å²) >= 11 is 13.1. The summed E-state index contributed by atoms with van der Waals surface area (Å²) in [4.78, 5) is 18.2. The van der Waals surface area contributed by atoms with Gasteiger partial charge in [0.1, 0.15) is 0 Å². The Morgan fingerprint density at radius 2 is 1.81 bits per heavy atom. The van der Waals surface area contributed by atoms with E-state index in [1.807, 2.05) is 36.5 Å². The molecule has 27 heavy (non-hydrogen) atoms. The van der Waals surface area contributed by atoms with Gasteiger partial charge in [0.15, 0.2) is 0 Å². The summed E-state index contributed by atoms with van der Waals surface area (Å²) in [5.74, 6) is 0.343. The highest BCUT2D eigenvalue weighted by Crippen LogP contribution is 2.23. The second-order valence-electron chi connectivity index (χ2n) is 5.84. The van der Waals surface area contributed by atoms with Gasteiger partial charge in [0, 0.05) is 41.6 Å². The topological polar surface area (TPSA) is 52.9 Å². The molecule has 0 unspecified atom stereocenters. The summed E-state index contributed by atoms with van der Waals surface area (Å²) in [5.41, 5.74) is 4.09. The number of carbonyl (C=O) groups is 1. The van der Waals surface area contributed by atoms with Gasteiger partial charge in [-0.2, -0.15) is 0 Å². The number of hydrogen-bond acceptors (Lipinski definition) is 4. The highest BCUT2D eigenvalue weighted by molar-refractivity contribution is 8.00. The lowest BCUT2D eigenvalue weighted by Crippen LogP contribution is -2.27. The van der Waals surface area contributed by atoms with Crippen molar-refractivity contribution in [3.8, 4) is 0 Å². The molecule has 0 atom stereocenters. The molecule has 0 amide bonds. The highest BCUT2D eigenvalue weighted by Gasteiger charge is 2.07. The number of aryl methyl sites for hydroxylation is 1. The molecule has 0 heterocycles. The molecule has 4 nitrogen and oxygen atoms in total. The first-order valence-corrected chi connectivity index (χ1v) is 10.5. The minimum Gasteiger partial charge on any atom is -0.481 e. The van der Waals surface area contributed by atoms with E-state index in [2.05, 4.69) is 28.9 Å². The fourth-order valence-electron chi connectivity index (χ4n) is 2.49. The number of rotatable bonds is 10. The van der Waals surface area contributed by atoms with E-state index in [9.17, 15) is 4.79 Å². The zero-order valence-corrected chi connectivity index (χ0v) is 17.4. The average molecular weight is 425 g/mol. The maximum atomic E-state index is 10.6. The number of nitrogens with zero attached hydrogens (tertiary/aromatic N) is 2. The smallest absolute Gasteiger partial charge is 0.313 e. The summed E-state index contributed by atoms with van der Waals surface area (Å²) < 4.78 is 0. The summed E-state index contributed by atoms with van der Waals surface area (Å²) in [6, 6.07) is 13.7. The molecule has 0 saturated heterocycles. The van der Waals surface area contributed by atoms with Crippen LogP contribution in [0.1, 0.15) is 11.1 Å². The average Bonchev–Trinajstić information content (AvgIpc) is 2.66. The van der Waals surface area contributed by atoms with Crippen LogP contribution in [0, 0.1) is 6.92 Å². The van der Waals surface area contributed by atoms with Crippen LogP contribution in [0.3, 0.4) is 0 Å². The van der Waals surface area contributed by atoms with Crippen LogP contribution in [0.25, 0.3) is 0 Å². The minimum absolute atomic E-state index is 0.0542. The van der Waals surface area contributed by atoms with Crippen molar-refractivity contribution in [3.63, 3.8) is 0 Å². The zero-order chi connectivity index (χ0) is 19.6. The van der Waals surface area contributed by atoms with Gasteiger partial charge < -0.3 is 10.0 Å². The van der Waals surface area contributed by atoms with Crippen LogP contribution in [0.4, 0.5) is 11.4 Å². The molecule has 0 aliphatic heterocycles. The van der Waals surface area contributed by atoms with Crippen molar-refractivity contribution in [1.82, 2.24) is 0 Å². The van der Waals surface area contributed by atoms with Gasteiger partial charge in [-0.3, -0.25) is 9.79 Å². The van der Waals surface area contributed by atoms with Crippen LogP contribution >= 0.6 is 35.0 Å². The maximum Gasteiger partial charge on any atom is 0.313 e. The molecular weight excluding hydrogens is 403 g/mol. The molecule has 0 aliphatic carbocycles. The molecular formula is C20H22Cl2N2O2S. The Balaban J connectivity index is 2.07. The zero-order valence-electron chi connectivity index (χ0n) is 15.1. The Morgan fingerprint density at radius 3 is 2.37 bits per heavy atom. The largest absolute Gasteiger partial charge is 0.481 e. The van der Waals surface area contributed by atoms with E-state index in [-0.39, 0.29) is 5.75 Å². The number of aliphatic imine (C=N–C) groups is 1. The third-order valence-electron chi connectivity index (χ3n) is 3.88. The first-order valence-electron chi connectivity index (χ1n) is 8.49. The number of carboxylic acids is 1.